The molecule has 5 aliphatic heterocycles. The molecule has 124 heavy (non-hydrogen) atoms. The van der Waals surface area contributed by atoms with Gasteiger partial charge in [-0.1, -0.05) is 197 Å². The van der Waals surface area contributed by atoms with E-state index in [2.05, 4.69) is 119 Å². The van der Waals surface area contributed by atoms with Gasteiger partial charge in [0.25, 0.3) is 0 Å². The van der Waals surface area contributed by atoms with E-state index in [1.165, 1.54) is 70.8 Å². The molecule has 6 aliphatic rings. The van der Waals surface area contributed by atoms with Gasteiger partial charge in [-0.25, -0.2) is 13.2 Å². The zero-order chi connectivity index (χ0) is 86.6. The molecule has 0 radical (unpaired) electrons. The minimum Gasteiger partial charge on any atom is -0.492 e. The van der Waals surface area contributed by atoms with Gasteiger partial charge in [-0.2, -0.15) is 4.31 Å². The highest BCUT2D eigenvalue weighted by Gasteiger charge is 2.41. The van der Waals surface area contributed by atoms with Crippen LogP contribution in [0.25, 0.3) is 43.6 Å². The van der Waals surface area contributed by atoms with Crippen molar-refractivity contribution in [1.29, 1.82) is 0 Å². The second kappa shape index (κ2) is 40.1. The van der Waals surface area contributed by atoms with E-state index in [0.29, 0.717) is 93.3 Å². The van der Waals surface area contributed by atoms with Gasteiger partial charge >= 0.3 is 6.09 Å². The monoisotopic (exact) mass is 2030 g/mol. The van der Waals surface area contributed by atoms with E-state index in [0.717, 1.165) is 162 Å². The van der Waals surface area contributed by atoms with Crippen molar-refractivity contribution in [2.24, 2.45) is 0 Å². The second-order valence-corrected chi connectivity index (χ2v) is 40.0. The van der Waals surface area contributed by atoms with E-state index < -0.39 is 16.1 Å². The number of carbonyl (C=O) groups is 2. The van der Waals surface area contributed by atoms with Gasteiger partial charge in [-0.05, 0) is 255 Å². The first-order valence-electron chi connectivity index (χ1n) is 41.8. The van der Waals surface area contributed by atoms with Crippen LogP contribution in [0.1, 0.15) is 137 Å². The van der Waals surface area contributed by atoms with Crippen molar-refractivity contribution in [2.75, 3.05) is 72.2 Å². The van der Waals surface area contributed by atoms with Crippen molar-refractivity contribution >= 4 is 212 Å². The quantitative estimate of drug-likeness (QED) is 0.0615. The number of carbonyl (C=O) groups excluding carboxylic acids is 2. The topological polar surface area (TPSA) is 187 Å². The molecule has 5 N–H and O–H groups in total. The summed E-state index contributed by atoms with van der Waals surface area (Å²) in [5.74, 6) is 0.893. The van der Waals surface area contributed by atoms with E-state index in [4.69, 9.17) is 108 Å². The Morgan fingerprint density at radius 2 is 0.935 bits per heavy atom. The Hall–Kier alpha value is -7.33. The van der Waals surface area contributed by atoms with E-state index in [1.54, 1.807) is 58.6 Å². The summed E-state index contributed by atoms with van der Waals surface area (Å²) in [5.41, 5.74) is 17.5. The normalized spacial score (nSPS) is 18.0. The lowest BCUT2D eigenvalue weighted by Crippen LogP contribution is -2.49. The first kappa shape index (κ1) is 90.0. The number of hydrogen-bond acceptors (Lipinski definition) is 9. The number of thiocarbonyl (C=S) groups is 1. The van der Waals surface area contributed by atoms with Gasteiger partial charge in [0.15, 0.2) is 5.11 Å². The summed E-state index contributed by atoms with van der Waals surface area (Å²) in [6.07, 6.45) is 11.0. The number of ether oxygens (including phenoxy) is 3. The molecule has 13 aromatic rings. The molecule has 9 heterocycles. The fourth-order valence-corrected chi connectivity index (χ4v) is 23.0. The number of benzene rings is 9. The van der Waals surface area contributed by atoms with E-state index in [9.17, 15) is 18.0 Å². The highest BCUT2D eigenvalue weighted by molar-refractivity contribution is 9.11. The number of fused-ring (bicyclic) bond motifs is 12. The zero-order valence-corrected chi connectivity index (χ0v) is 79.8. The lowest BCUT2D eigenvalue weighted by molar-refractivity contribution is -0.131. The number of nitrogens with zero attached hydrogens (tertiary/aromatic N) is 5. The summed E-state index contributed by atoms with van der Waals surface area (Å²) in [5, 5.41) is 13.6. The van der Waals surface area contributed by atoms with Crippen molar-refractivity contribution in [3.63, 3.8) is 0 Å². The highest BCUT2D eigenvalue weighted by Crippen LogP contribution is 2.46. The second-order valence-electron chi connectivity index (χ2n) is 32.0. The Balaban J connectivity index is 0.000000123. The molecular formula is C95H92Br3Cl7N10O7S2. The van der Waals surface area contributed by atoms with Gasteiger partial charge < -0.3 is 49.3 Å². The highest BCUT2D eigenvalue weighted by atomic mass is 79.9. The van der Waals surface area contributed by atoms with Crippen LogP contribution in [0.4, 0.5) is 4.79 Å². The SMILES string of the molecule is CC(=O)N1CCc2c([nH]c3ccc(Br)cc23)C1Cc1ccc(Cl)cc1Cl.CCOC(=O)N1CCc2c([nH]c3ccc(Cl)cc23)C1c1ccc(OCCN2CCOCC2)cc1.O=S(=O)(c1ccccc1)N1CCc2c([nH]c3ccc(Br)cc23)C1Cc1ccc(Cl)cc1Cl.S=C(NC1CCCCC1)N1CCc2c([nH]c3ccc(Br)cc23)C1Cc1ccc(Cl)cc1Cl. The van der Waals surface area contributed by atoms with Crippen molar-refractivity contribution in [1.82, 2.24) is 49.2 Å². The number of hydrogen-bond donors (Lipinski definition) is 5. The fourth-order valence-electron chi connectivity index (χ4n) is 18.3. The maximum absolute atomic E-state index is 13.7. The molecule has 0 bridgehead atoms. The van der Waals surface area contributed by atoms with E-state index in [1.807, 2.05) is 115 Å². The molecule has 29 heteroatoms. The number of amides is 2. The van der Waals surface area contributed by atoms with Crippen molar-refractivity contribution < 1.29 is 32.2 Å². The number of sulfonamides is 1. The minimum absolute atomic E-state index is 0.0684. The third-order valence-corrected chi connectivity index (χ3v) is 30.1. The van der Waals surface area contributed by atoms with Gasteiger partial charge in [-0.15, -0.1) is 0 Å². The maximum Gasteiger partial charge on any atom is 0.410 e. The Bertz CT molecular complexity index is 6220. The molecule has 19 rings (SSSR count). The molecule has 4 atom stereocenters. The number of aromatic nitrogens is 4. The number of halogens is 10. The molecule has 4 aromatic heterocycles. The molecule has 4 unspecified atom stereocenters. The maximum atomic E-state index is 13.7. The van der Waals surface area contributed by atoms with Gasteiger partial charge in [0, 0.05) is 174 Å². The number of H-pyrrole nitrogens is 4. The van der Waals surface area contributed by atoms with Crippen LogP contribution in [0.5, 0.6) is 5.75 Å². The van der Waals surface area contributed by atoms with Crippen LogP contribution in [-0.4, -0.2) is 148 Å². The number of morpholine rings is 1. The molecule has 0 spiro atoms. The van der Waals surface area contributed by atoms with Crippen molar-refractivity contribution in [3.8, 4) is 5.75 Å². The van der Waals surface area contributed by atoms with Crippen LogP contribution in [-0.2, 0) is 69.2 Å². The number of aromatic amines is 4. The fraction of sp³-hybridized carbons (Fsp3) is 0.316. The lowest BCUT2D eigenvalue weighted by Gasteiger charge is -2.39. The average molecular weight is 2040 g/mol. The molecule has 1 saturated carbocycles. The molecular weight excluding hydrogens is 1950 g/mol. The number of nitrogens with one attached hydrogen (secondary N) is 5. The molecule has 646 valence electrons. The van der Waals surface area contributed by atoms with Crippen LogP contribution in [0, 0.1) is 0 Å². The molecule has 2 fully saturated rings. The summed E-state index contributed by atoms with van der Waals surface area (Å²) >= 11 is 60.7. The molecule has 1 aliphatic carbocycles. The van der Waals surface area contributed by atoms with Crippen molar-refractivity contribution in [3.05, 3.63) is 298 Å². The third kappa shape index (κ3) is 20.2. The Morgan fingerprint density at radius 3 is 1.44 bits per heavy atom. The van der Waals surface area contributed by atoms with Gasteiger partial charge in [0.2, 0.25) is 15.9 Å². The standard InChI is InChI=1S/C26H30ClN3O4.C25H26BrCl2N3S.C24H19BrCl2N2O2S.C20H17BrCl2N2O/c1-2-33-26(31)30-10-9-21-22-17-19(27)5-8-23(22)28-24(21)25(30)18-3-6-20(7-4-18)34-16-13-29-11-14-32-15-12-29;26-16-7-9-22-20(13-16)19-10-11-31(25(32)29-18-4-2-1-3-5-18)23(24(19)30-22)12-15-6-8-17(27)14-21(15)28;25-16-7-9-22-20(13-16)19-10-11-29(32(30,31)18-4-2-1-3-5-18)23(24(19)28-22)12-15-6-8-17(26)14-21(15)27;1-11(26)25-7-6-15-16-9-13(21)3-5-18(16)24-20(15)19(25)8-12-2-4-14(22)10-17(12)23/h3-8,17,25,28H,2,9-16H2,1H3;6-9,13-14,18,23,30H,1-5,10-12H2,(H,29,32);1-9,13-14,23,28H,10-12H2;2-5,9-10,19,24H,6-8H2,1H3. The number of rotatable bonds is 15. The third-order valence-electron chi connectivity index (χ3n) is 24.4. The summed E-state index contributed by atoms with van der Waals surface area (Å²) in [4.78, 5) is 48.2. The van der Waals surface area contributed by atoms with Crippen LogP contribution in [0.3, 0.4) is 0 Å². The summed E-state index contributed by atoms with van der Waals surface area (Å²) in [7, 11) is -3.71. The average Bonchev–Trinajstić information content (AvgIpc) is 1.57. The van der Waals surface area contributed by atoms with Crippen LogP contribution in [0.2, 0.25) is 35.2 Å². The molecule has 1 saturated heterocycles. The largest absolute Gasteiger partial charge is 0.492 e. The molecule has 9 aromatic carbocycles. The van der Waals surface area contributed by atoms with Gasteiger partial charge in [-0.3, -0.25) is 14.6 Å². The first-order valence-corrected chi connectivity index (χ1v) is 48.7. The molecule has 2 amide bonds. The summed E-state index contributed by atoms with van der Waals surface area (Å²) in [6, 6.07) is 57.7. The van der Waals surface area contributed by atoms with Crippen LogP contribution in [0.15, 0.2) is 200 Å². The first-order chi connectivity index (χ1) is 59.9. The Morgan fingerprint density at radius 1 is 0.500 bits per heavy atom. The Labute approximate surface area is 787 Å². The lowest BCUT2D eigenvalue weighted by atomic mass is 9.92. The predicted molar refractivity (Wildman–Crippen MR) is 517 cm³/mol. The smallest absolute Gasteiger partial charge is 0.410 e. The van der Waals surface area contributed by atoms with Gasteiger partial charge in [0.05, 0.1) is 42.8 Å². The predicted octanol–water partition coefficient (Wildman–Crippen LogP) is 24.9. The van der Waals surface area contributed by atoms with Crippen LogP contribution < -0.4 is 10.1 Å². The van der Waals surface area contributed by atoms with E-state index in [-0.39, 0.29) is 35.0 Å². The van der Waals surface area contributed by atoms with Crippen molar-refractivity contribution in [2.45, 2.75) is 126 Å². The van der Waals surface area contributed by atoms with Crippen LogP contribution >= 0.6 is 141 Å². The zero-order valence-electron chi connectivity index (χ0n) is 68.2. The summed E-state index contributed by atoms with van der Waals surface area (Å²) in [6.45, 7) is 11.3. The van der Waals surface area contributed by atoms with E-state index >= 15 is 0 Å². The minimum atomic E-state index is -3.71. The Kier molecular flexibility index (Phi) is 29.1. The molecule has 17 nitrogen and oxygen atoms in total. The van der Waals surface area contributed by atoms with Gasteiger partial charge in [0.1, 0.15) is 18.4 Å². The summed E-state index contributed by atoms with van der Waals surface area (Å²) < 4.78 is 48.8.